The van der Waals surface area contributed by atoms with Crippen LogP contribution < -0.4 is 11.1 Å². The molecule has 116 valence electrons. The smallest absolute Gasteiger partial charge is 0.303 e. The summed E-state index contributed by atoms with van der Waals surface area (Å²) in [5.74, 6) is -2.09. The maximum atomic E-state index is 11.9. The number of amides is 2. The van der Waals surface area contributed by atoms with Crippen LogP contribution in [0.15, 0.2) is 6.07 Å². The van der Waals surface area contributed by atoms with E-state index in [0.717, 1.165) is 17.7 Å². The topological polar surface area (TPSA) is 109 Å². The van der Waals surface area contributed by atoms with Crippen LogP contribution in [0.25, 0.3) is 0 Å². The monoisotopic (exact) mass is 312 g/mol. The normalized spacial score (nSPS) is 11.9. The molecule has 0 spiro atoms. The molecule has 0 bridgehead atoms. The van der Waals surface area contributed by atoms with Crippen LogP contribution in [-0.4, -0.2) is 22.9 Å². The van der Waals surface area contributed by atoms with Crippen LogP contribution in [0.1, 0.15) is 48.3 Å². The summed E-state index contributed by atoms with van der Waals surface area (Å²) in [5.41, 5.74) is 5.61. The second kappa shape index (κ2) is 7.78. The summed E-state index contributed by atoms with van der Waals surface area (Å²) in [7, 11) is 0. The molecule has 0 fully saturated rings. The quantitative estimate of drug-likeness (QED) is 0.683. The predicted octanol–water partition coefficient (Wildman–Crippen LogP) is 2.24. The first-order valence-corrected chi connectivity index (χ1v) is 7.59. The minimum Gasteiger partial charge on any atom is -0.481 e. The summed E-state index contributed by atoms with van der Waals surface area (Å²) in [6.45, 7) is 3.72. The molecule has 6 nitrogen and oxygen atoms in total. The van der Waals surface area contributed by atoms with E-state index < -0.39 is 11.9 Å². The lowest BCUT2D eigenvalue weighted by Gasteiger charge is -2.09. The van der Waals surface area contributed by atoms with E-state index in [1.807, 2.05) is 6.92 Å². The van der Waals surface area contributed by atoms with Gasteiger partial charge in [0, 0.05) is 17.7 Å². The standard InChI is InChI=1S/C14H20N2O4S/c1-3-4-9-7-10(13(15)20)14(21-9)16-11(17)5-8(2)6-12(18)19/h7-8H,3-6H2,1-2H3,(H2,15,20)(H,16,17)(H,18,19)/t8-/m1/s1. The summed E-state index contributed by atoms with van der Waals surface area (Å²) >= 11 is 1.33. The third kappa shape index (κ3) is 5.55. The third-order valence-electron chi connectivity index (χ3n) is 2.85. The fourth-order valence-corrected chi connectivity index (χ4v) is 3.13. The number of rotatable bonds is 8. The molecular formula is C14H20N2O4S. The van der Waals surface area contributed by atoms with Crippen molar-refractivity contribution >= 4 is 34.1 Å². The largest absolute Gasteiger partial charge is 0.481 e. The molecule has 0 aliphatic carbocycles. The molecule has 0 aliphatic rings. The first-order valence-electron chi connectivity index (χ1n) is 6.77. The summed E-state index contributed by atoms with van der Waals surface area (Å²) in [5, 5.41) is 11.8. The highest BCUT2D eigenvalue weighted by Gasteiger charge is 2.18. The average Bonchev–Trinajstić information content (AvgIpc) is 2.70. The Hall–Kier alpha value is -1.89. The number of hydrogen-bond acceptors (Lipinski definition) is 4. The van der Waals surface area contributed by atoms with Gasteiger partial charge < -0.3 is 16.2 Å². The number of anilines is 1. The van der Waals surface area contributed by atoms with Crippen LogP contribution in [0.4, 0.5) is 5.00 Å². The van der Waals surface area contributed by atoms with Gasteiger partial charge in [-0.15, -0.1) is 11.3 Å². The van der Waals surface area contributed by atoms with Gasteiger partial charge in [-0.3, -0.25) is 14.4 Å². The van der Waals surface area contributed by atoms with E-state index in [2.05, 4.69) is 5.32 Å². The molecule has 1 aromatic heterocycles. The SMILES string of the molecule is CCCc1cc(C(N)=O)c(NC(=O)C[C@@H](C)CC(=O)O)s1. The van der Waals surface area contributed by atoms with Gasteiger partial charge in [0.05, 0.1) is 5.56 Å². The highest BCUT2D eigenvalue weighted by molar-refractivity contribution is 7.16. The van der Waals surface area contributed by atoms with Gasteiger partial charge in [0.2, 0.25) is 5.91 Å². The highest BCUT2D eigenvalue weighted by Crippen LogP contribution is 2.29. The molecule has 1 rings (SSSR count). The number of primary amides is 1. The van der Waals surface area contributed by atoms with Gasteiger partial charge >= 0.3 is 5.97 Å². The van der Waals surface area contributed by atoms with E-state index in [1.165, 1.54) is 11.3 Å². The molecule has 1 aromatic rings. The number of aliphatic carboxylic acids is 1. The van der Waals surface area contributed by atoms with Crippen molar-refractivity contribution < 1.29 is 19.5 Å². The fraction of sp³-hybridized carbons (Fsp3) is 0.500. The van der Waals surface area contributed by atoms with E-state index in [4.69, 9.17) is 10.8 Å². The van der Waals surface area contributed by atoms with Gasteiger partial charge in [0.15, 0.2) is 0 Å². The highest BCUT2D eigenvalue weighted by atomic mass is 32.1. The van der Waals surface area contributed by atoms with E-state index >= 15 is 0 Å². The van der Waals surface area contributed by atoms with Gasteiger partial charge in [-0.25, -0.2) is 0 Å². The van der Waals surface area contributed by atoms with E-state index in [0.29, 0.717) is 10.6 Å². The lowest BCUT2D eigenvalue weighted by Crippen LogP contribution is -2.19. The Morgan fingerprint density at radius 3 is 2.57 bits per heavy atom. The van der Waals surface area contributed by atoms with Gasteiger partial charge in [0.1, 0.15) is 5.00 Å². The fourth-order valence-electron chi connectivity index (χ4n) is 1.95. The molecule has 0 saturated heterocycles. The first kappa shape index (κ1) is 17.2. The molecule has 1 atom stereocenters. The molecule has 0 aromatic carbocycles. The summed E-state index contributed by atoms with van der Waals surface area (Å²) < 4.78 is 0. The van der Waals surface area contributed by atoms with Crippen LogP contribution >= 0.6 is 11.3 Å². The van der Waals surface area contributed by atoms with Crippen LogP contribution in [0.2, 0.25) is 0 Å². The molecule has 0 unspecified atom stereocenters. The number of carboxylic acid groups (broad SMARTS) is 1. The number of carbonyl (C=O) groups excluding carboxylic acids is 2. The van der Waals surface area contributed by atoms with Crippen molar-refractivity contribution in [3.8, 4) is 0 Å². The van der Waals surface area contributed by atoms with Crippen molar-refractivity contribution in [1.29, 1.82) is 0 Å². The Morgan fingerprint density at radius 2 is 2.05 bits per heavy atom. The molecule has 21 heavy (non-hydrogen) atoms. The van der Waals surface area contributed by atoms with Gasteiger partial charge in [-0.1, -0.05) is 20.3 Å². The third-order valence-corrected chi connectivity index (χ3v) is 3.97. The predicted molar refractivity (Wildman–Crippen MR) is 81.5 cm³/mol. The minimum atomic E-state index is -0.936. The minimum absolute atomic E-state index is 0.0678. The van der Waals surface area contributed by atoms with Crippen molar-refractivity contribution in [2.75, 3.05) is 5.32 Å². The Morgan fingerprint density at radius 1 is 1.38 bits per heavy atom. The maximum absolute atomic E-state index is 11.9. The number of aryl methyl sites for hydroxylation is 1. The molecule has 7 heteroatoms. The number of nitrogens with one attached hydrogen (secondary N) is 1. The van der Waals surface area contributed by atoms with Crippen LogP contribution in [-0.2, 0) is 16.0 Å². The van der Waals surface area contributed by atoms with Crippen molar-refractivity contribution in [3.63, 3.8) is 0 Å². The number of thiophene rings is 1. The Balaban J connectivity index is 2.74. The molecule has 4 N–H and O–H groups in total. The van der Waals surface area contributed by atoms with Crippen LogP contribution in [0, 0.1) is 5.92 Å². The number of nitrogens with two attached hydrogens (primary N) is 1. The molecular weight excluding hydrogens is 292 g/mol. The van der Waals surface area contributed by atoms with Crippen molar-refractivity contribution in [2.45, 2.75) is 39.5 Å². The Kier molecular flexibility index (Phi) is 6.36. The zero-order valence-electron chi connectivity index (χ0n) is 12.1. The van der Waals surface area contributed by atoms with Gasteiger partial charge in [-0.05, 0) is 18.4 Å². The zero-order valence-corrected chi connectivity index (χ0v) is 13.0. The zero-order chi connectivity index (χ0) is 16.0. The average molecular weight is 312 g/mol. The van der Waals surface area contributed by atoms with Crippen molar-refractivity contribution in [3.05, 3.63) is 16.5 Å². The lowest BCUT2D eigenvalue weighted by molar-refractivity contribution is -0.138. The van der Waals surface area contributed by atoms with Gasteiger partial charge in [0.25, 0.3) is 5.91 Å². The lowest BCUT2D eigenvalue weighted by atomic mass is 10.0. The second-order valence-corrected chi connectivity index (χ2v) is 6.16. The Bertz CT molecular complexity index is 539. The van der Waals surface area contributed by atoms with E-state index in [1.54, 1.807) is 13.0 Å². The van der Waals surface area contributed by atoms with Gasteiger partial charge in [-0.2, -0.15) is 0 Å². The summed E-state index contributed by atoms with van der Waals surface area (Å²) in [4.78, 5) is 34.8. The molecule has 0 aliphatic heterocycles. The van der Waals surface area contributed by atoms with Crippen molar-refractivity contribution in [2.24, 2.45) is 11.7 Å². The molecule has 0 radical (unpaired) electrons. The van der Waals surface area contributed by atoms with Crippen molar-refractivity contribution in [1.82, 2.24) is 0 Å². The first-order chi connectivity index (χ1) is 9.83. The second-order valence-electron chi connectivity index (χ2n) is 5.03. The molecule has 2 amide bonds. The van der Waals surface area contributed by atoms with E-state index in [-0.39, 0.29) is 24.7 Å². The number of hydrogen-bond donors (Lipinski definition) is 3. The number of carbonyl (C=O) groups is 3. The summed E-state index contributed by atoms with van der Waals surface area (Å²) in [6, 6.07) is 1.70. The summed E-state index contributed by atoms with van der Waals surface area (Å²) in [6.07, 6.45) is 1.77. The molecule has 0 saturated carbocycles. The number of carboxylic acids is 1. The van der Waals surface area contributed by atoms with Crippen LogP contribution in [0.3, 0.4) is 0 Å². The van der Waals surface area contributed by atoms with Crippen LogP contribution in [0.5, 0.6) is 0 Å². The maximum Gasteiger partial charge on any atom is 0.303 e. The van der Waals surface area contributed by atoms with E-state index in [9.17, 15) is 14.4 Å². The molecule has 1 heterocycles. The Labute approximate surface area is 127 Å².